The van der Waals surface area contributed by atoms with Gasteiger partial charge in [0.2, 0.25) is 5.90 Å². The van der Waals surface area contributed by atoms with E-state index in [1.54, 1.807) is 66.7 Å². The van der Waals surface area contributed by atoms with Crippen LogP contribution >= 0.6 is 23.2 Å². The molecule has 150 valence electrons. The van der Waals surface area contributed by atoms with E-state index in [0.717, 1.165) is 0 Å². The van der Waals surface area contributed by atoms with Gasteiger partial charge in [-0.1, -0.05) is 53.5 Å². The van der Waals surface area contributed by atoms with Crippen molar-refractivity contribution in [2.24, 2.45) is 4.99 Å². The molecule has 0 fully saturated rings. The molecule has 0 bridgehead atoms. The van der Waals surface area contributed by atoms with Crippen LogP contribution in [0.4, 0.5) is 4.39 Å². The Hall–Kier alpha value is -3.15. The van der Waals surface area contributed by atoms with Crippen LogP contribution in [0.5, 0.6) is 5.75 Å². The van der Waals surface area contributed by atoms with Crippen LogP contribution in [0.25, 0.3) is 6.08 Å². The first-order chi connectivity index (χ1) is 14.5. The minimum Gasteiger partial charge on any atom is -0.489 e. The van der Waals surface area contributed by atoms with Crippen molar-refractivity contribution in [1.29, 1.82) is 0 Å². The molecule has 0 aromatic heterocycles. The maximum Gasteiger partial charge on any atom is 0.363 e. The fraction of sp³-hybridized carbons (Fsp3) is 0.0435. The molecule has 0 saturated carbocycles. The Morgan fingerprint density at radius 1 is 1.03 bits per heavy atom. The molecular weight excluding hydrogens is 428 g/mol. The van der Waals surface area contributed by atoms with Gasteiger partial charge in [0.25, 0.3) is 0 Å². The van der Waals surface area contributed by atoms with Gasteiger partial charge in [0.05, 0.1) is 10.6 Å². The van der Waals surface area contributed by atoms with Crippen molar-refractivity contribution in [2.75, 3.05) is 0 Å². The molecule has 0 aliphatic carbocycles. The molecule has 0 spiro atoms. The molecule has 1 aliphatic heterocycles. The Labute approximate surface area is 182 Å². The maximum atomic E-state index is 13.7. The van der Waals surface area contributed by atoms with E-state index in [4.69, 9.17) is 32.7 Å². The minimum atomic E-state index is -0.598. The molecule has 1 aliphatic rings. The molecule has 0 radical (unpaired) electrons. The van der Waals surface area contributed by atoms with Gasteiger partial charge in [-0.3, -0.25) is 0 Å². The first kappa shape index (κ1) is 20.1. The third-order valence-corrected chi connectivity index (χ3v) is 4.86. The van der Waals surface area contributed by atoms with Crippen molar-refractivity contribution in [3.63, 3.8) is 0 Å². The molecule has 1 heterocycles. The van der Waals surface area contributed by atoms with Crippen LogP contribution in [0.1, 0.15) is 16.7 Å². The molecule has 0 unspecified atom stereocenters. The quantitative estimate of drug-likeness (QED) is 0.357. The highest BCUT2D eigenvalue weighted by molar-refractivity contribution is 6.36. The molecule has 30 heavy (non-hydrogen) atoms. The first-order valence-corrected chi connectivity index (χ1v) is 9.69. The number of nitrogens with zero attached hydrogens (tertiary/aromatic N) is 1. The van der Waals surface area contributed by atoms with Crippen LogP contribution in [0.2, 0.25) is 10.0 Å². The van der Waals surface area contributed by atoms with Gasteiger partial charge < -0.3 is 9.47 Å². The third kappa shape index (κ3) is 4.53. The zero-order chi connectivity index (χ0) is 21.1. The van der Waals surface area contributed by atoms with Gasteiger partial charge in [0.15, 0.2) is 5.70 Å². The highest BCUT2D eigenvalue weighted by Gasteiger charge is 2.25. The average Bonchev–Trinajstić information content (AvgIpc) is 3.09. The fourth-order valence-electron chi connectivity index (χ4n) is 2.81. The summed E-state index contributed by atoms with van der Waals surface area (Å²) >= 11 is 12.1. The van der Waals surface area contributed by atoms with Crippen molar-refractivity contribution >= 4 is 41.1 Å². The lowest BCUT2D eigenvalue weighted by molar-refractivity contribution is -0.129. The van der Waals surface area contributed by atoms with Crippen LogP contribution < -0.4 is 4.74 Å². The van der Waals surface area contributed by atoms with Crippen LogP contribution in [-0.4, -0.2) is 11.9 Å². The Morgan fingerprint density at radius 3 is 2.70 bits per heavy atom. The second kappa shape index (κ2) is 8.69. The number of ether oxygens (including phenoxy) is 2. The van der Waals surface area contributed by atoms with E-state index in [1.165, 1.54) is 6.07 Å². The number of hydrogen-bond acceptors (Lipinski definition) is 4. The topological polar surface area (TPSA) is 47.9 Å². The predicted octanol–water partition coefficient (Wildman–Crippen LogP) is 6.06. The number of benzene rings is 3. The van der Waals surface area contributed by atoms with E-state index in [1.807, 2.05) is 0 Å². The Kier molecular flexibility index (Phi) is 5.84. The lowest BCUT2D eigenvalue weighted by Gasteiger charge is -2.07. The summed E-state index contributed by atoms with van der Waals surface area (Å²) in [4.78, 5) is 16.5. The van der Waals surface area contributed by atoms with Crippen molar-refractivity contribution in [3.05, 3.63) is 105 Å². The number of carbonyl (C=O) groups excluding carboxylic acids is 1. The zero-order valence-electron chi connectivity index (χ0n) is 15.4. The summed E-state index contributed by atoms with van der Waals surface area (Å²) in [6.45, 7) is 0.0876. The minimum absolute atomic E-state index is 0.0876. The van der Waals surface area contributed by atoms with Crippen molar-refractivity contribution in [2.45, 2.75) is 6.61 Å². The zero-order valence-corrected chi connectivity index (χ0v) is 17.0. The summed E-state index contributed by atoms with van der Waals surface area (Å²) in [6, 6.07) is 18.3. The van der Waals surface area contributed by atoms with Gasteiger partial charge in [-0.05, 0) is 48.0 Å². The second-order valence-corrected chi connectivity index (χ2v) is 7.26. The molecule has 0 saturated heterocycles. The standard InChI is InChI=1S/C23H14Cl2FNO3/c24-16-8-9-19(25)18(12-16)22-27-21(23(28)30-22)11-14-4-3-6-17(10-14)29-13-15-5-1-2-7-20(15)26/h1-12H,13H2/b21-11-. The fourth-order valence-corrected chi connectivity index (χ4v) is 3.18. The Bertz CT molecular complexity index is 1190. The third-order valence-electron chi connectivity index (χ3n) is 4.29. The molecular formula is C23H14Cl2FNO3. The summed E-state index contributed by atoms with van der Waals surface area (Å²) < 4.78 is 24.7. The lowest BCUT2D eigenvalue weighted by Crippen LogP contribution is -2.06. The van der Waals surface area contributed by atoms with Gasteiger partial charge in [0.1, 0.15) is 18.2 Å². The highest BCUT2D eigenvalue weighted by atomic mass is 35.5. The number of esters is 1. The monoisotopic (exact) mass is 441 g/mol. The van der Waals surface area contributed by atoms with Crippen molar-refractivity contribution < 1.29 is 18.7 Å². The van der Waals surface area contributed by atoms with E-state index in [-0.39, 0.29) is 24.0 Å². The van der Waals surface area contributed by atoms with E-state index in [2.05, 4.69) is 4.99 Å². The van der Waals surface area contributed by atoms with Crippen LogP contribution in [0, 0.1) is 5.82 Å². The van der Waals surface area contributed by atoms with Gasteiger partial charge in [0, 0.05) is 10.6 Å². The normalized spacial score (nSPS) is 14.6. The molecule has 3 aromatic rings. The highest BCUT2D eigenvalue weighted by Crippen LogP contribution is 2.27. The van der Waals surface area contributed by atoms with Gasteiger partial charge in [-0.25, -0.2) is 14.2 Å². The van der Waals surface area contributed by atoms with E-state index in [0.29, 0.717) is 32.5 Å². The summed E-state index contributed by atoms with van der Waals surface area (Å²) in [6.07, 6.45) is 1.57. The Balaban J connectivity index is 1.55. The molecule has 0 amide bonds. The first-order valence-electron chi connectivity index (χ1n) is 8.94. The molecule has 0 N–H and O–H groups in total. The summed E-state index contributed by atoms with van der Waals surface area (Å²) in [5.41, 5.74) is 1.68. The van der Waals surface area contributed by atoms with Gasteiger partial charge in [-0.2, -0.15) is 0 Å². The smallest absolute Gasteiger partial charge is 0.363 e. The molecule has 4 rings (SSSR count). The summed E-state index contributed by atoms with van der Waals surface area (Å²) in [7, 11) is 0. The summed E-state index contributed by atoms with van der Waals surface area (Å²) in [5.74, 6) is -0.309. The number of halogens is 3. The number of rotatable bonds is 5. The Morgan fingerprint density at radius 2 is 1.87 bits per heavy atom. The SMILES string of the molecule is O=C1OC(c2cc(Cl)ccc2Cl)=N/C1=C\c1cccc(OCc2ccccc2F)c1. The van der Waals surface area contributed by atoms with Crippen LogP contribution in [-0.2, 0) is 16.1 Å². The van der Waals surface area contributed by atoms with E-state index < -0.39 is 5.97 Å². The summed E-state index contributed by atoms with van der Waals surface area (Å²) in [5, 5.41) is 0.820. The maximum absolute atomic E-state index is 13.7. The molecule has 7 heteroatoms. The number of hydrogen-bond donors (Lipinski definition) is 0. The predicted molar refractivity (Wildman–Crippen MR) is 114 cm³/mol. The van der Waals surface area contributed by atoms with E-state index in [9.17, 15) is 9.18 Å². The molecule has 4 nitrogen and oxygen atoms in total. The van der Waals surface area contributed by atoms with Gasteiger partial charge >= 0.3 is 5.97 Å². The molecule has 3 aromatic carbocycles. The van der Waals surface area contributed by atoms with Crippen molar-refractivity contribution in [3.8, 4) is 5.75 Å². The number of carbonyl (C=O) groups is 1. The van der Waals surface area contributed by atoms with Crippen molar-refractivity contribution in [1.82, 2.24) is 0 Å². The van der Waals surface area contributed by atoms with Gasteiger partial charge in [-0.15, -0.1) is 0 Å². The largest absolute Gasteiger partial charge is 0.489 e. The van der Waals surface area contributed by atoms with E-state index >= 15 is 0 Å². The number of cyclic esters (lactones) is 1. The van der Waals surface area contributed by atoms with Crippen LogP contribution in [0.15, 0.2) is 77.4 Å². The number of aliphatic imine (C=N–C) groups is 1. The average molecular weight is 442 g/mol. The lowest BCUT2D eigenvalue weighted by atomic mass is 10.2. The molecule has 0 atom stereocenters. The van der Waals surface area contributed by atoms with Crippen LogP contribution in [0.3, 0.4) is 0 Å². The second-order valence-electron chi connectivity index (χ2n) is 6.41.